The van der Waals surface area contributed by atoms with Crippen molar-refractivity contribution in [3.63, 3.8) is 0 Å². The molecule has 2 aromatic rings. The molecule has 0 aliphatic carbocycles. The molecular weight excluding hydrogens is 320 g/mol. The van der Waals surface area contributed by atoms with E-state index in [9.17, 15) is 9.59 Å². The van der Waals surface area contributed by atoms with Crippen LogP contribution in [-0.4, -0.2) is 30.7 Å². The Bertz CT molecular complexity index is 862. The van der Waals surface area contributed by atoms with Gasteiger partial charge < -0.3 is 4.74 Å². The number of nitrogens with zero attached hydrogens (tertiary/aromatic N) is 4. The topological polar surface area (TPSA) is 83.7 Å². The smallest absolute Gasteiger partial charge is 0.340 e. The summed E-state index contributed by atoms with van der Waals surface area (Å²) in [6.07, 6.45) is 0. The van der Waals surface area contributed by atoms with Crippen molar-refractivity contribution in [2.45, 2.75) is 13.0 Å². The Labute approximate surface area is 144 Å². The minimum atomic E-state index is -0.814. The van der Waals surface area contributed by atoms with Gasteiger partial charge in [-0.3, -0.25) is 4.79 Å². The van der Waals surface area contributed by atoms with Gasteiger partial charge in [-0.1, -0.05) is 30.3 Å². The predicted molar refractivity (Wildman–Crippen MR) is 93.1 cm³/mol. The van der Waals surface area contributed by atoms with Crippen LogP contribution in [0, 0.1) is 0 Å². The van der Waals surface area contributed by atoms with Gasteiger partial charge in [0.15, 0.2) is 6.04 Å². The number of carbonyl (C=O) groups is 2. The normalized spacial score (nSPS) is 17.0. The number of anilines is 1. The maximum atomic E-state index is 12.6. The van der Waals surface area contributed by atoms with E-state index in [2.05, 4.69) is 15.3 Å². The van der Waals surface area contributed by atoms with Gasteiger partial charge in [-0.25, -0.2) is 4.79 Å². The van der Waals surface area contributed by atoms with Crippen LogP contribution in [0.5, 0.6) is 0 Å². The highest BCUT2D eigenvalue weighted by Gasteiger charge is 2.34. The summed E-state index contributed by atoms with van der Waals surface area (Å²) in [5, 5.41) is 13.8. The molecule has 0 fully saturated rings. The number of benzene rings is 2. The highest BCUT2D eigenvalue weighted by atomic mass is 16.5. The number of rotatable bonds is 4. The zero-order valence-electron chi connectivity index (χ0n) is 13.8. The van der Waals surface area contributed by atoms with Gasteiger partial charge in [0.2, 0.25) is 0 Å². The number of hydrogen-bond donors (Lipinski definition) is 0. The van der Waals surface area contributed by atoms with Crippen LogP contribution in [0.1, 0.15) is 17.3 Å². The Kier molecular flexibility index (Phi) is 4.65. The molecule has 3 rings (SSSR count). The van der Waals surface area contributed by atoms with E-state index in [0.29, 0.717) is 17.1 Å². The monoisotopic (exact) mass is 336 g/mol. The maximum Gasteiger partial charge on any atom is 0.340 e. The lowest BCUT2D eigenvalue weighted by molar-refractivity contribution is -0.117. The van der Waals surface area contributed by atoms with Crippen molar-refractivity contribution in [1.29, 1.82) is 0 Å². The van der Waals surface area contributed by atoms with Gasteiger partial charge in [-0.2, -0.15) is 20.3 Å². The zero-order valence-corrected chi connectivity index (χ0v) is 13.8. The van der Waals surface area contributed by atoms with Gasteiger partial charge in [-0.05, 0) is 31.2 Å². The van der Waals surface area contributed by atoms with Crippen molar-refractivity contribution in [3.05, 3.63) is 60.2 Å². The molecule has 0 bridgehead atoms. The number of azo groups is 1. The molecule has 0 aromatic heterocycles. The molecule has 1 amide bonds. The molecule has 25 heavy (non-hydrogen) atoms. The number of carbonyl (C=O) groups excluding carboxylic acids is 2. The molecule has 1 aliphatic heterocycles. The summed E-state index contributed by atoms with van der Waals surface area (Å²) in [5.41, 5.74) is 1.83. The summed E-state index contributed by atoms with van der Waals surface area (Å²) in [5.74, 6) is -0.799. The lowest BCUT2D eigenvalue weighted by Crippen LogP contribution is -2.29. The van der Waals surface area contributed by atoms with E-state index in [1.807, 2.05) is 18.2 Å². The fourth-order valence-corrected chi connectivity index (χ4v) is 2.41. The molecule has 0 spiro atoms. The predicted octanol–water partition coefficient (Wildman–Crippen LogP) is 3.35. The van der Waals surface area contributed by atoms with Crippen molar-refractivity contribution >= 4 is 29.0 Å². The second-order valence-electron chi connectivity index (χ2n) is 5.35. The van der Waals surface area contributed by atoms with E-state index in [-0.39, 0.29) is 11.5 Å². The van der Waals surface area contributed by atoms with E-state index in [1.165, 1.54) is 12.1 Å². The Balaban J connectivity index is 1.85. The molecule has 2 aromatic carbocycles. The van der Waals surface area contributed by atoms with E-state index in [1.54, 1.807) is 43.3 Å². The first-order valence-electron chi connectivity index (χ1n) is 7.64. The van der Waals surface area contributed by atoms with E-state index in [0.717, 1.165) is 0 Å². The first-order chi connectivity index (χ1) is 12.1. The summed E-state index contributed by atoms with van der Waals surface area (Å²) < 4.78 is 4.73. The van der Waals surface area contributed by atoms with Crippen LogP contribution in [0.4, 0.5) is 11.4 Å². The number of methoxy groups -OCH3 is 1. The van der Waals surface area contributed by atoms with Crippen molar-refractivity contribution in [1.82, 2.24) is 0 Å². The fourth-order valence-electron chi connectivity index (χ4n) is 2.41. The second kappa shape index (κ2) is 7.04. The largest absolute Gasteiger partial charge is 0.465 e. The third-order valence-electron chi connectivity index (χ3n) is 3.69. The quantitative estimate of drug-likeness (QED) is 0.634. The van der Waals surface area contributed by atoms with Crippen molar-refractivity contribution in [3.8, 4) is 0 Å². The standard InChI is InChI=1S/C18H16N4O3/c1-12-16(17(23)22(21-12)13-8-4-3-5-9-13)20-19-15-11-7-6-10-14(15)18(24)25-2/h3-11,16H,1-2H3/b20-19+. The molecule has 0 saturated carbocycles. The third kappa shape index (κ3) is 3.30. The first kappa shape index (κ1) is 16.5. The van der Waals surface area contributed by atoms with E-state index >= 15 is 0 Å². The summed E-state index contributed by atoms with van der Waals surface area (Å²) in [6, 6.07) is 15.0. The van der Waals surface area contributed by atoms with Gasteiger partial charge in [0.25, 0.3) is 5.91 Å². The van der Waals surface area contributed by atoms with Crippen LogP contribution in [0.3, 0.4) is 0 Å². The van der Waals surface area contributed by atoms with Gasteiger partial charge >= 0.3 is 5.97 Å². The molecular formula is C18H16N4O3. The molecule has 126 valence electrons. The van der Waals surface area contributed by atoms with Crippen molar-refractivity contribution in [2.75, 3.05) is 12.1 Å². The number of hydrogen-bond acceptors (Lipinski definition) is 6. The van der Waals surface area contributed by atoms with Crippen LogP contribution in [0.2, 0.25) is 0 Å². The SMILES string of the molecule is COC(=O)c1ccccc1/N=N/C1C(=O)N(c2ccccc2)N=C1C. The second-order valence-corrected chi connectivity index (χ2v) is 5.35. The molecule has 1 heterocycles. The maximum absolute atomic E-state index is 12.6. The zero-order chi connectivity index (χ0) is 17.8. The van der Waals surface area contributed by atoms with Crippen LogP contribution in [-0.2, 0) is 9.53 Å². The molecule has 0 N–H and O–H groups in total. The van der Waals surface area contributed by atoms with Crippen LogP contribution >= 0.6 is 0 Å². The van der Waals surface area contributed by atoms with Crippen molar-refractivity contribution < 1.29 is 14.3 Å². The molecule has 0 radical (unpaired) electrons. The Morgan fingerprint density at radius 2 is 1.80 bits per heavy atom. The van der Waals surface area contributed by atoms with Gasteiger partial charge in [0, 0.05) is 0 Å². The van der Waals surface area contributed by atoms with E-state index < -0.39 is 12.0 Å². The minimum absolute atomic E-state index is 0.286. The molecule has 1 unspecified atom stereocenters. The first-order valence-corrected chi connectivity index (χ1v) is 7.64. The molecule has 1 aliphatic rings. The molecule has 1 atom stereocenters. The highest BCUT2D eigenvalue weighted by Crippen LogP contribution is 2.24. The third-order valence-corrected chi connectivity index (χ3v) is 3.69. The molecule has 0 saturated heterocycles. The van der Waals surface area contributed by atoms with Crippen LogP contribution in [0.25, 0.3) is 0 Å². The summed E-state index contributed by atoms with van der Waals surface area (Å²) >= 11 is 0. The van der Waals surface area contributed by atoms with Gasteiger partial charge in [0.05, 0.1) is 29.8 Å². The van der Waals surface area contributed by atoms with Gasteiger partial charge in [0.1, 0.15) is 0 Å². The average Bonchev–Trinajstić information content (AvgIpc) is 2.94. The number of ether oxygens (including phenoxy) is 1. The Morgan fingerprint density at radius 1 is 1.12 bits per heavy atom. The number of hydrazone groups is 1. The minimum Gasteiger partial charge on any atom is -0.465 e. The Hall–Kier alpha value is -3.35. The number of esters is 1. The average molecular weight is 336 g/mol. The summed E-state index contributed by atoms with van der Waals surface area (Å²) in [6.45, 7) is 1.72. The van der Waals surface area contributed by atoms with E-state index in [4.69, 9.17) is 4.74 Å². The Morgan fingerprint density at radius 3 is 2.52 bits per heavy atom. The number of para-hydroxylation sites is 1. The van der Waals surface area contributed by atoms with Crippen LogP contribution < -0.4 is 5.01 Å². The lowest BCUT2D eigenvalue weighted by atomic mass is 10.2. The van der Waals surface area contributed by atoms with Crippen LogP contribution in [0.15, 0.2) is 69.9 Å². The summed E-state index contributed by atoms with van der Waals surface area (Å²) in [4.78, 5) is 24.4. The lowest BCUT2D eigenvalue weighted by Gasteiger charge is -2.11. The fraction of sp³-hybridized carbons (Fsp3) is 0.167. The number of amides is 1. The highest BCUT2D eigenvalue weighted by molar-refractivity contribution is 6.18. The summed E-state index contributed by atoms with van der Waals surface area (Å²) in [7, 11) is 1.30. The van der Waals surface area contributed by atoms with Crippen molar-refractivity contribution in [2.24, 2.45) is 15.3 Å². The van der Waals surface area contributed by atoms with Gasteiger partial charge in [-0.15, -0.1) is 0 Å². The molecule has 7 nitrogen and oxygen atoms in total. The molecule has 7 heteroatoms.